The largest absolute Gasteiger partial charge is 0.493 e. The minimum absolute atomic E-state index is 0.0709. The fourth-order valence-corrected chi connectivity index (χ4v) is 3.89. The van der Waals surface area contributed by atoms with Gasteiger partial charge in [-0.2, -0.15) is 0 Å². The van der Waals surface area contributed by atoms with Crippen molar-refractivity contribution in [3.05, 3.63) is 68.6 Å². The van der Waals surface area contributed by atoms with Gasteiger partial charge in [0.15, 0.2) is 16.9 Å². The van der Waals surface area contributed by atoms with Crippen LogP contribution in [-0.2, 0) is 0 Å². The van der Waals surface area contributed by atoms with E-state index < -0.39 is 11.9 Å². The first-order valence-corrected chi connectivity index (χ1v) is 9.99. The van der Waals surface area contributed by atoms with E-state index in [0.717, 1.165) is 16.7 Å². The first-order chi connectivity index (χ1) is 14.3. The smallest absolute Gasteiger partial charge is 0.288 e. The maximum atomic E-state index is 13.4. The molecule has 3 aromatic rings. The normalized spacial score (nSPS) is 15.4. The molecule has 156 valence electrons. The minimum atomic E-state index is -0.609. The average Bonchev–Trinajstić information content (AvgIpc) is 3.02. The number of rotatable bonds is 5. The lowest BCUT2D eigenvalue weighted by atomic mass is 9.97. The van der Waals surface area contributed by atoms with Crippen molar-refractivity contribution in [2.24, 2.45) is 5.92 Å². The molecule has 1 N–H and O–H groups in total. The molecule has 6 nitrogen and oxygen atoms in total. The molecule has 2 aromatic carbocycles. The van der Waals surface area contributed by atoms with Crippen molar-refractivity contribution in [2.75, 3.05) is 13.7 Å². The van der Waals surface area contributed by atoms with E-state index in [4.69, 9.17) is 13.9 Å². The van der Waals surface area contributed by atoms with Crippen LogP contribution in [0.3, 0.4) is 0 Å². The van der Waals surface area contributed by atoms with E-state index in [0.29, 0.717) is 40.6 Å². The molecular weight excluding hydrogens is 382 g/mol. The maximum Gasteiger partial charge on any atom is 0.288 e. The van der Waals surface area contributed by atoms with Gasteiger partial charge in [-0.15, -0.1) is 0 Å². The molecule has 0 bridgehead atoms. The Morgan fingerprint density at radius 2 is 1.87 bits per heavy atom. The van der Waals surface area contributed by atoms with Crippen molar-refractivity contribution in [1.29, 1.82) is 0 Å². The molecule has 1 unspecified atom stereocenters. The van der Waals surface area contributed by atoms with Gasteiger partial charge in [0.1, 0.15) is 5.58 Å². The van der Waals surface area contributed by atoms with Gasteiger partial charge in [-0.3, -0.25) is 9.59 Å². The summed E-state index contributed by atoms with van der Waals surface area (Å²) in [6.45, 7) is 8.50. The van der Waals surface area contributed by atoms with Gasteiger partial charge in [-0.1, -0.05) is 26.0 Å². The van der Waals surface area contributed by atoms with Crippen LogP contribution in [0, 0.1) is 19.8 Å². The second-order valence-electron chi connectivity index (χ2n) is 8.15. The molecule has 1 aliphatic rings. The molecule has 1 atom stereocenters. The average molecular weight is 407 g/mol. The third-order valence-corrected chi connectivity index (χ3v) is 5.24. The van der Waals surface area contributed by atoms with Crippen molar-refractivity contribution < 1.29 is 18.7 Å². The summed E-state index contributed by atoms with van der Waals surface area (Å²) in [7, 11) is 1.57. The summed E-state index contributed by atoms with van der Waals surface area (Å²) in [5.41, 5.74) is 3.10. The number of hydrogen-bond donors (Lipinski definition) is 1. The first kappa shape index (κ1) is 20.0. The van der Waals surface area contributed by atoms with Crippen LogP contribution in [-0.4, -0.2) is 19.6 Å². The highest BCUT2D eigenvalue weighted by atomic mass is 16.5. The summed E-state index contributed by atoms with van der Waals surface area (Å²) in [5, 5.41) is 3.38. The van der Waals surface area contributed by atoms with E-state index in [1.807, 2.05) is 26.0 Å². The second-order valence-corrected chi connectivity index (χ2v) is 8.15. The summed E-state index contributed by atoms with van der Waals surface area (Å²) < 4.78 is 17.2. The summed E-state index contributed by atoms with van der Waals surface area (Å²) in [5.74, 6) is 1.22. The van der Waals surface area contributed by atoms with Gasteiger partial charge in [-0.25, -0.2) is 0 Å². The highest BCUT2D eigenvalue weighted by molar-refractivity contribution is 5.99. The zero-order valence-corrected chi connectivity index (χ0v) is 17.8. The van der Waals surface area contributed by atoms with Gasteiger partial charge in [-0.05, 0) is 54.7 Å². The van der Waals surface area contributed by atoms with Crippen LogP contribution in [0.5, 0.6) is 11.5 Å². The van der Waals surface area contributed by atoms with Crippen LogP contribution < -0.4 is 20.2 Å². The number of ether oxygens (including phenoxy) is 2. The molecule has 2 heterocycles. The molecule has 0 fully saturated rings. The van der Waals surface area contributed by atoms with E-state index >= 15 is 0 Å². The number of methoxy groups -OCH3 is 1. The molecule has 1 aliphatic heterocycles. The minimum Gasteiger partial charge on any atom is -0.493 e. The van der Waals surface area contributed by atoms with E-state index in [2.05, 4.69) is 19.2 Å². The second kappa shape index (κ2) is 7.52. The number of benzene rings is 2. The molecule has 30 heavy (non-hydrogen) atoms. The Balaban J connectivity index is 1.83. The van der Waals surface area contributed by atoms with Crippen molar-refractivity contribution in [3.8, 4) is 11.5 Å². The van der Waals surface area contributed by atoms with Gasteiger partial charge >= 0.3 is 0 Å². The van der Waals surface area contributed by atoms with E-state index in [9.17, 15) is 9.59 Å². The van der Waals surface area contributed by atoms with Crippen LogP contribution >= 0.6 is 0 Å². The topological polar surface area (TPSA) is 77.8 Å². The number of amides is 1. The molecule has 0 saturated carbocycles. The Labute approximate surface area is 174 Å². The highest BCUT2D eigenvalue weighted by Crippen LogP contribution is 2.36. The van der Waals surface area contributed by atoms with Crippen LogP contribution in [0.1, 0.15) is 52.7 Å². The molecule has 1 aromatic heterocycles. The van der Waals surface area contributed by atoms with Gasteiger partial charge in [0.05, 0.1) is 30.7 Å². The lowest BCUT2D eigenvalue weighted by molar-refractivity contribution is 0.0938. The van der Waals surface area contributed by atoms with E-state index in [1.54, 1.807) is 25.3 Å². The Kier molecular flexibility index (Phi) is 5.02. The van der Waals surface area contributed by atoms with Gasteiger partial charge in [0.2, 0.25) is 5.76 Å². The van der Waals surface area contributed by atoms with E-state index in [1.165, 1.54) is 0 Å². The van der Waals surface area contributed by atoms with Crippen LogP contribution in [0.2, 0.25) is 0 Å². The van der Waals surface area contributed by atoms with Crippen molar-refractivity contribution >= 4 is 16.9 Å². The molecule has 0 radical (unpaired) electrons. The van der Waals surface area contributed by atoms with Crippen LogP contribution in [0.15, 0.2) is 39.5 Å². The Hall–Kier alpha value is -3.28. The molecule has 6 heteroatoms. The highest BCUT2D eigenvalue weighted by Gasteiger charge is 2.36. The number of nitrogens with one attached hydrogen (secondary N) is 1. The Bertz CT molecular complexity index is 1210. The summed E-state index contributed by atoms with van der Waals surface area (Å²) >= 11 is 0. The number of aryl methyl sites for hydroxylation is 2. The van der Waals surface area contributed by atoms with E-state index in [-0.39, 0.29) is 11.2 Å². The Morgan fingerprint density at radius 3 is 2.57 bits per heavy atom. The zero-order chi connectivity index (χ0) is 21.6. The summed E-state index contributed by atoms with van der Waals surface area (Å²) in [6.07, 6.45) is 0. The van der Waals surface area contributed by atoms with Gasteiger partial charge in [0, 0.05) is 0 Å². The SMILES string of the molecule is COc1cc(C2NC(=O)c3oc4cc(C)cc(C)c4c(=O)c32)ccc1OCC(C)C. The number of carbonyl (C=O) groups is 1. The molecule has 0 saturated heterocycles. The van der Waals surface area contributed by atoms with Crippen molar-refractivity contribution in [3.63, 3.8) is 0 Å². The maximum absolute atomic E-state index is 13.4. The van der Waals surface area contributed by atoms with Gasteiger partial charge in [0.25, 0.3) is 5.91 Å². The quantitative estimate of drug-likeness (QED) is 0.683. The van der Waals surface area contributed by atoms with Crippen LogP contribution in [0.4, 0.5) is 0 Å². The molecule has 1 amide bonds. The molecular formula is C24H25NO5. The number of carbonyl (C=O) groups excluding carboxylic acids is 1. The number of fused-ring (bicyclic) bond motifs is 2. The fourth-order valence-electron chi connectivity index (χ4n) is 3.89. The lowest BCUT2D eigenvalue weighted by Gasteiger charge is -2.16. The molecule has 0 spiro atoms. The first-order valence-electron chi connectivity index (χ1n) is 9.99. The van der Waals surface area contributed by atoms with Crippen molar-refractivity contribution in [1.82, 2.24) is 5.32 Å². The summed E-state index contributed by atoms with van der Waals surface area (Å²) in [6, 6.07) is 8.55. The standard InChI is InChI=1S/C24H25NO5/c1-12(2)11-29-16-7-6-15(10-17(16)28-5)21-20-22(26)19-14(4)8-13(3)9-18(19)30-23(20)24(27)25-21/h6-10,12,21H,11H2,1-5H3,(H,25,27). The molecule has 0 aliphatic carbocycles. The zero-order valence-electron chi connectivity index (χ0n) is 17.8. The predicted octanol–water partition coefficient (Wildman–Crippen LogP) is 4.29. The van der Waals surface area contributed by atoms with Gasteiger partial charge < -0.3 is 19.2 Å². The monoisotopic (exact) mass is 407 g/mol. The fraction of sp³-hybridized carbons (Fsp3) is 0.333. The lowest BCUT2D eigenvalue weighted by Crippen LogP contribution is -2.22. The third kappa shape index (κ3) is 3.32. The Morgan fingerprint density at radius 1 is 1.10 bits per heavy atom. The van der Waals surface area contributed by atoms with Crippen LogP contribution in [0.25, 0.3) is 11.0 Å². The molecule has 4 rings (SSSR count). The summed E-state index contributed by atoms with van der Waals surface area (Å²) in [4.78, 5) is 26.0. The van der Waals surface area contributed by atoms with Crippen molar-refractivity contribution in [2.45, 2.75) is 33.7 Å². The third-order valence-electron chi connectivity index (χ3n) is 5.24. The number of hydrogen-bond acceptors (Lipinski definition) is 5. The predicted molar refractivity (Wildman–Crippen MR) is 115 cm³/mol.